The Balaban J connectivity index is 5.38. The Hall–Kier alpha value is -0.800. The molecule has 0 rings (SSSR count). The van der Waals surface area contributed by atoms with Gasteiger partial charge in [-0.2, -0.15) is 0 Å². The third-order valence-electron chi connectivity index (χ3n) is 21.8. The zero-order chi connectivity index (χ0) is 77.2. The summed E-state index contributed by atoms with van der Waals surface area (Å²) in [6.45, 7) is 24.8. The number of esters is 2. The topological polar surface area (TPSA) is 117 Å². The van der Waals surface area contributed by atoms with Gasteiger partial charge in [-0.1, -0.05) is 367 Å². The summed E-state index contributed by atoms with van der Waals surface area (Å²) < 4.78 is 12.5. The largest absolute Gasteiger partial charge is 0.462 e. The minimum Gasteiger partial charge on any atom is -0.462 e. The van der Waals surface area contributed by atoms with E-state index in [1.165, 1.54) is 318 Å². The summed E-state index contributed by atoms with van der Waals surface area (Å²) in [4.78, 5) is 58.6. The maximum Gasteiger partial charge on any atom is 0.311 e. The van der Waals surface area contributed by atoms with Crippen molar-refractivity contribution in [1.29, 1.82) is 0 Å². The predicted molar refractivity (Wildman–Crippen MR) is 476 cm³/mol. The van der Waals surface area contributed by atoms with E-state index >= 15 is 0 Å². The second-order valence-corrected chi connectivity index (χ2v) is 38.3. The third-order valence-corrected chi connectivity index (χ3v) is 27.0. The van der Waals surface area contributed by atoms with Crippen molar-refractivity contribution in [3.63, 3.8) is 0 Å². The molecular weight excluding hydrogens is 1390 g/mol. The number of carbonyl (C=O) groups excluding carboxylic acids is 4. The Kier molecular flexibility index (Phi) is 84.5. The molecule has 0 aromatic heterocycles. The van der Waals surface area contributed by atoms with E-state index in [-0.39, 0.29) is 48.8 Å². The summed E-state index contributed by atoms with van der Waals surface area (Å²) in [6.07, 6.45) is 78.4. The summed E-state index contributed by atoms with van der Waals surface area (Å²) in [7, 11) is 8.27. The van der Waals surface area contributed by atoms with Crippen LogP contribution in [0.4, 0.5) is 0 Å². The molecule has 0 saturated heterocycles. The monoisotopic (exact) mass is 1570 g/mol. The minimum atomic E-state index is -0.479. The van der Waals surface area contributed by atoms with Gasteiger partial charge in [0.15, 0.2) is 0 Å². The van der Waals surface area contributed by atoms with E-state index in [0.717, 1.165) is 142 Å². The lowest BCUT2D eigenvalue weighted by atomic mass is 9.86. The van der Waals surface area contributed by atoms with E-state index in [9.17, 15) is 19.2 Å². The van der Waals surface area contributed by atoms with Crippen LogP contribution in [0.1, 0.15) is 473 Å². The third kappa shape index (κ3) is 77.2. The fourth-order valence-electron chi connectivity index (χ4n) is 14.5. The molecule has 0 saturated carbocycles. The van der Waals surface area contributed by atoms with E-state index < -0.39 is 5.41 Å². The van der Waals surface area contributed by atoms with Gasteiger partial charge < -0.3 is 29.9 Å². The molecular formula is C92H182N4O6S4. The summed E-state index contributed by atoms with van der Waals surface area (Å²) in [6, 6.07) is 0. The van der Waals surface area contributed by atoms with Crippen LogP contribution in [0.2, 0.25) is 0 Å². The van der Waals surface area contributed by atoms with Crippen LogP contribution in [0.15, 0.2) is 0 Å². The molecule has 630 valence electrons. The van der Waals surface area contributed by atoms with Crippen molar-refractivity contribution in [2.24, 2.45) is 5.41 Å². The number of hydrogen-bond acceptors (Lipinski definition) is 12. The SMILES string of the molecule is CCCCCCCCCCCSSCCCCCN(CCCCCCCC(=O)OC(CCCCCCCC)CCCCCCCC)CCNC(=O)CCC(=O)NCCN(CCCCCCC(C)(C)C(=O)OC(CCCCCCCC)CCCCCCCC)CCCCCSSCCCCCCCCCCC. The van der Waals surface area contributed by atoms with Crippen molar-refractivity contribution in [2.45, 2.75) is 485 Å². The molecule has 10 nitrogen and oxygen atoms in total. The molecule has 2 amide bonds. The van der Waals surface area contributed by atoms with Crippen molar-refractivity contribution < 1.29 is 28.7 Å². The van der Waals surface area contributed by atoms with Gasteiger partial charge in [0.25, 0.3) is 0 Å². The second kappa shape index (κ2) is 85.1. The Morgan fingerprint density at radius 2 is 0.528 bits per heavy atom. The number of ether oxygens (including phenoxy) is 2. The number of nitrogens with one attached hydrogen (secondary N) is 2. The van der Waals surface area contributed by atoms with E-state index in [2.05, 4.69) is 119 Å². The molecule has 0 heterocycles. The Morgan fingerprint density at radius 1 is 0.283 bits per heavy atom. The lowest BCUT2D eigenvalue weighted by Crippen LogP contribution is -2.37. The number of nitrogens with zero attached hydrogens (tertiary/aromatic N) is 2. The highest BCUT2D eigenvalue weighted by molar-refractivity contribution is 8.77. The summed E-state index contributed by atoms with van der Waals surface area (Å²) in [5, 5.41) is 6.38. The van der Waals surface area contributed by atoms with Gasteiger partial charge in [0.1, 0.15) is 12.2 Å². The van der Waals surface area contributed by atoms with E-state index in [0.29, 0.717) is 19.5 Å². The quantitative estimate of drug-likeness (QED) is 0.0343. The summed E-state index contributed by atoms with van der Waals surface area (Å²) >= 11 is 0. The van der Waals surface area contributed by atoms with E-state index in [1.807, 2.05) is 0 Å². The number of hydrogen-bond donors (Lipinski definition) is 2. The van der Waals surface area contributed by atoms with Crippen LogP contribution in [0, 0.1) is 5.41 Å². The van der Waals surface area contributed by atoms with Gasteiger partial charge in [-0.15, -0.1) is 0 Å². The molecule has 14 heteroatoms. The zero-order valence-electron chi connectivity index (χ0n) is 72.1. The molecule has 0 spiro atoms. The Bertz CT molecular complexity index is 1800. The van der Waals surface area contributed by atoms with Crippen LogP contribution in [0.25, 0.3) is 0 Å². The van der Waals surface area contributed by atoms with Crippen molar-refractivity contribution in [3.8, 4) is 0 Å². The number of amides is 2. The average molecular weight is 1570 g/mol. The summed E-state index contributed by atoms with van der Waals surface area (Å²) in [5.74, 6) is 4.90. The molecule has 2 N–H and O–H groups in total. The predicted octanol–water partition coefficient (Wildman–Crippen LogP) is 28.9. The first-order valence-corrected chi connectivity index (χ1v) is 51.8. The van der Waals surface area contributed by atoms with Crippen LogP contribution in [0.5, 0.6) is 0 Å². The summed E-state index contributed by atoms with van der Waals surface area (Å²) in [5.41, 5.74) is -0.479. The lowest BCUT2D eigenvalue weighted by molar-refractivity contribution is -0.161. The highest BCUT2D eigenvalue weighted by Crippen LogP contribution is 2.30. The van der Waals surface area contributed by atoms with Crippen molar-refractivity contribution >= 4 is 66.9 Å². The molecule has 0 fully saturated rings. The highest BCUT2D eigenvalue weighted by Gasteiger charge is 2.31. The standard InChI is InChI=1S/C92H182N4O6S4/c1-9-15-21-27-33-35-37-48-62-82-103-105-84-64-50-60-78-95(76-58-46-39-44-56-70-90(99)101-86(66-52-40-29-23-17-11-3)67-53-41-30-24-18-12-4)80-74-93-88(97)71-72-89(98)94-75-81-96(79-61-51-65-85-106-104-83-63-49-38-36-34-28-22-16-10-2)77-59-47-45-57-73-92(7,8)91(100)102-87(68-54-42-31-25-19-13-5)69-55-43-32-26-20-14-6/h86-87H,9-85H2,1-8H3,(H,93,97)(H,94,98). The fourth-order valence-corrected chi connectivity index (χ4v) is 19.1. The molecule has 0 unspecified atom stereocenters. The highest BCUT2D eigenvalue weighted by atomic mass is 33.1. The number of rotatable bonds is 89. The molecule has 0 radical (unpaired) electrons. The number of unbranched alkanes of at least 4 members (excludes halogenated alkanes) is 47. The molecule has 0 aromatic carbocycles. The van der Waals surface area contributed by atoms with Gasteiger partial charge in [0, 0.05) is 68.5 Å². The first-order chi connectivity index (χ1) is 52.0. The average Bonchev–Trinajstić information content (AvgIpc) is 0.881. The molecule has 0 bridgehead atoms. The first kappa shape index (κ1) is 105. The van der Waals surface area contributed by atoms with E-state index in [4.69, 9.17) is 9.47 Å². The Labute approximate surface area is 677 Å². The van der Waals surface area contributed by atoms with Crippen LogP contribution in [-0.2, 0) is 28.7 Å². The van der Waals surface area contributed by atoms with Gasteiger partial charge in [0.2, 0.25) is 11.8 Å². The van der Waals surface area contributed by atoms with Crippen LogP contribution in [0.3, 0.4) is 0 Å². The van der Waals surface area contributed by atoms with Crippen LogP contribution < -0.4 is 10.6 Å². The molecule has 106 heavy (non-hydrogen) atoms. The minimum absolute atomic E-state index is 0.00193. The van der Waals surface area contributed by atoms with Gasteiger partial charge in [-0.25, -0.2) is 0 Å². The van der Waals surface area contributed by atoms with Crippen molar-refractivity contribution in [1.82, 2.24) is 20.4 Å². The normalized spacial score (nSPS) is 11.9. The van der Waals surface area contributed by atoms with Crippen LogP contribution in [-0.4, -0.2) is 121 Å². The maximum atomic E-state index is 13.8. The number of carbonyl (C=O) groups is 4. The van der Waals surface area contributed by atoms with Gasteiger partial charge >= 0.3 is 11.9 Å². The lowest BCUT2D eigenvalue weighted by Gasteiger charge is -2.27. The smallest absolute Gasteiger partial charge is 0.311 e. The van der Waals surface area contributed by atoms with Gasteiger partial charge in [-0.3, -0.25) is 19.2 Å². The van der Waals surface area contributed by atoms with Crippen LogP contribution >= 0.6 is 43.2 Å². The van der Waals surface area contributed by atoms with Gasteiger partial charge in [-0.05, 0) is 156 Å². The fraction of sp³-hybridized carbons (Fsp3) is 0.957. The first-order valence-electron chi connectivity index (χ1n) is 46.8. The molecule has 0 aliphatic rings. The van der Waals surface area contributed by atoms with Crippen molar-refractivity contribution in [2.75, 3.05) is 75.4 Å². The van der Waals surface area contributed by atoms with Gasteiger partial charge in [0.05, 0.1) is 5.41 Å². The Morgan fingerprint density at radius 3 is 0.840 bits per heavy atom. The van der Waals surface area contributed by atoms with E-state index in [1.54, 1.807) is 0 Å². The zero-order valence-corrected chi connectivity index (χ0v) is 75.3. The maximum absolute atomic E-state index is 13.8. The second-order valence-electron chi connectivity index (χ2n) is 32.9. The van der Waals surface area contributed by atoms with Crippen molar-refractivity contribution in [3.05, 3.63) is 0 Å². The molecule has 0 aromatic rings. The molecule has 0 atom stereocenters. The molecule has 0 aliphatic heterocycles. The molecule has 0 aliphatic carbocycles.